The number of likely N-dealkylation sites (N-methyl/N-ethyl adjacent to an activating group) is 1. The van der Waals surface area contributed by atoms with Gasteiger partial charge in [-0.3, -0.25) is 4.79 Å². The summed E-state index contributed by atoms with van der Waals surface area (Å²) < 4.78 is 34.0. The molecule has 228 valence electrons. The van der Waals surface area contributed by atoms with Gasteiger partial charge in [0, 0.05) is 55.3 Å². The second-order valence-corrected chi connectivity index (χ2v) is 14.3. The molecule has 14 heteroatoms. The molecule has 43 heavy (non-hydrogen) atoms. The molecule has 10 nitrogen and oxygen atoms in total. The second-order valence-electron chi connectivity index (χ2n) is 10.3. The molecule has 6 rings (SSSR count). The molecule has 2 amide bonds. The van der Waals surface area contributed by atoms with Crippen molar-refractivity contribution in [3.05, 3.63) is 64.5 Å². The maximum Gasteiger partial charge on any atom is 0.409 e. The van der Waals surface area contributed by atoms with Crippen molar-refractivity contribution in [2.45, 2.75) is 24.8 Å². The summed E-state index contributed by atoms with van der Waals surface area (Å²) >= 11 is 3.20. The number of hydrogen-bond donors (Lipinski definition) is 1. The first-order valence-corrected chi connectivity index (χ1v) is 16.8. The van der Waals surface area contributed by atoms with E-state index >= 15 is 0 Å². The molecule has 4 aromatic rings. The molecule has 0 aliphatic carbocycles. The molecule has 2 aromatic heterocycles. The molecule has 4 heterocycles. The van der Waals surface area contributed by atoms with Crippen molar-refractivity contribution in [3.63, 3.8) is 0 Å². The molecule has 1 saturated heterocycles. The molecule has 2 aliphatic heterocycles. The number of sulfonamides is 1. The van der Waals surface area contributed by atoms with Crippen molar-refractivity contribution < 1.29 is 22.7 Å². The van der Waals surface area contributed by atoms with Crippen LogP contribution in [0, 0.1) is 0 Å². The zero-order valence-corrected chi connectivity index (χ0v) is 27.0. The zero-order chi connectivity index (χ0) is 29.4. The average Bonchev–Trinajstić information content (AvgIpc) is 3.57. The lowest BCUT2D eigenvalue weighted by molar-refractivity contribution is 0.0933. The number of carbonyl (C=O) groups is 2. The summed E-state index contributed by atoms with van der Waals surface area (Å²) in [6.45, 7) is 4.62. The third-order valence-electron chi connectivity index (χ3n) is 7.50. The van der Waals surface area contributed by atoms with E-state index < -0.39 is 16.1 Å². The van der Waals surface area contributed by atoms with Gasteiger partial charge in [0.2, 0.25) is 10.0 Å². The van der Waals surface area contributed by atoms with E-state index in [1.165, 1.54) is 43.9 Å². The Labute approximate surface area is 264 Å². The van der Waals surface area contributed by atoms with Crippen LogP contribution in [0.5, 0.6) is 0 Å². The summed E-state index contributed by atoms with van der Waals surface area (Å²) in [5.74, 6) is -0.309. The van der Waals surface area contributed by atoms with Gasteiger partial charge in [-0.05, 0) is 62.4 Å². The van der Waals surface area contributed by atoms with Crippen LogP contribution in [0.2, 0.25) is 0 Å². The Morgan fingerprint density at radius 3 is 2.42 bits per heavy atom. The van der Waals surface area contributed by atoms with Crippen LogP contribution in [0.4, 0.5) is 9.80 Å². The summed E-state index contributed by atoms with van der Waals surface area (Å²) in [7, 11) is -1.68. The first-order valence-electron chi connectivity index (χ1n) is 13.8. The van der Waals surface area contributed by atoms with E-state index in [4.69, 9.17) is 9.72 Å². The SMILES string of the molecule is CCOC(=O)N1CCN(S(=O)(=O)c2ccc(C(=O)Nc3sc4c(c3-c3nc5ccccc5s3)CCN(C)C4)cc2)CC1.Cl. The van der Waals surface area contributed by atoms with Crippen LogP contribution in [0.3, 0.4) is 0 Å². The van der Waals surface area contributed by atoms with Gasteiger partial charge in [-0.1, -0.05) is 12.1 Å². The number of fused-ring (bicyclic) bond motifs is 2. The zero-order valence-electron chi connectivity index (χ0n) is 23.7. The number of para-hydroxylation sites is 1. The Hall–Kier alpha value is -3.07. The quantitative estimate of drug-likeness (QED) is 0.304. The molecule has 1 fully saturated rings. The first-order chi connectivity index (χ1) is 20.2. The molecule has 0 unspecified atom stereocenters. The monoisotopic (exact) mass is 661 g/mol. The van der Waals surface area contributed by atoms with Crippen LogP contribution in [-0.2, 0) is 27.7 Å². The van der Waals surface area contributed by atoms with Gasteiger partial charge in [-0.2, -0.15) is 4.31 Å². The van der Waals surface area contributed by atoms with Crippen LogP contribution in [0.1, 0.15) is 27.7 Å². The number of anilines is 1. The highest BCUT2D eigenvalue weighted by molar-refractivity contribution is 7.89. The van der Waals surface area contributed by atoms with Gasteiger partial charge in [0.25, 0.3) is 5.91 Å². The number of benzene rings is 2. The van der Waals surface area contributed by atoms with Crippen molar-refractivity contribution in [3.8, 4) is 10.6 Å². The lowest BCUT2D eigenvalue weighted by Crippen LogP contribution is -2.50. The molecule has 0 bridgehead atoms. The number of nitrogens with zero attached hydrogens (tertiary/aromatic N) is 4. The molecule has 0 atom stereocenters. The Morgan fingerprint density at radius 1 is 1.00 bits per heavy atom. The summed E-state index contributed by atoms with van der Waals surface area (Å²) in [6.07, 6.45) is 0.444. The van der Waals surface area contributed by atoms with Crippen LogP contribution in [-0.4, -0.2) is 85.9 Å². The molecule has 0 radical (unpaired) electrons. The van der Waals surface area contributed by atoms with E-state index in [2.05, 4.69) is 23.3 Å². The number of ether oxygens (including phenoxy) is 1. The summed E-state index contributed by atoms with van der Waals surface area (Å²) in [5.41, 5.74) is 3.51. The summed E-state index contributed by atoms with van der Waals surface area (Å²) in [4.78, 5) is 35.4. The average molecular weight is 662 g/mol. The minimum Gasteiger partial charge on any atom is -0.450 e. The van der Waals surface area contributed by atoms with Gasteiger partial charge >= 0.3 is 6.09 Å². The van der Waals surface area contributed by atoms with E-state index in [1.54, 1.807) is 29.6 Å². The van der Waals surface area contributed by atoms with Crippen LogP contribution < -0.4 is 5.32 Å². The van der Waals surface area contributed by atoms with E-state index in [0.29, 0.717) is 5.56 Å². The van der Waals surface area contributed by atoms with Crippen LogP contribution in [0.15, 0.2) is 53.4 Å². The molecule has 0 spiro atoms. The number of thiazole rings is 1. The number of amides is 2. The third-order valence-corrected chi connectivity index (χ3v) is 11.6. The van der Waals surface area contributed by atoms with Crippen molar-refractivity contribution in [1.82, 2.24) is 19.1 Å². The number of halogens is 1. The minimum absolute atomic E-state index is 0. The summed E-state index contributed by atoms with van der Waals surface area (Å²) in [5, 5.41) is 4.75. The Balaban J connectivity index is 0.00000368. The molecule has 2 aromatic carbocycles. The van der Waals surface area contributed by atoms with Crippen molar-refractivity contribution in [2.75, 3.05) is 51.7 Å². The third kappa shape index (κ3) is 6.28. The Kier molecular flexibility index (Phi) is 9.40. The smallest absolute Gasteiger partial charge is 0.409 e. The molecular weight excluding hydrogens is 630 g/mol. The van der Waals surface area contributed by atoms with E-state index in [0.717, 1.165) is 45.3 Å². The molecule has 0 saturated carbocycles. The predicted octanol–water partition coefficient (Wildman–Crippen LogP) is 5.15. The fourth-order valence-corrected chi connectivity index (χ4v) is 9.11. The van der Waals surface area contributed by atoms with Crippen molar-refractivity contribution in [1.29, 1.82) is 0 Å². The van der Waals surface area contributed by atoms with Gasteiger partial charge in [-0.15, -0.1) is 35.1 Å². The number of aromatic nitrogens is 1. The lowest BCUT2D eigenvalue weighted by Gasteiger charge is -2.33. The maximum absolute atomic E-state index is 13.4. The minimum atomic E-state index is -3.77. The van der Waals surface area contributed by atoms with Gasteiger partial charge in [0.1, 0.15) is 10.0 Å². The van der Waals surface area contributed by atoms with Gasteiger partial charge in [-0.25, -0.2) is 18.2 Å². The molecule has 2 aliphatic rings. The topological polar surface area (TPSA) is 112 Å². The van der Waals surface area contributed by atoms with E-state index in [9.17, 15) is 18.0 Å². The van der Waals surface area contributed by atoms with Crippen molar-refractivity contribution in [2.24, 2.45) is 0 Å². The molecular formula is C29H32ClN5O5S3. The normalized spacial score (nSPS) is 16.0. The van der Waals surface area contributed by atoms with E-state index in [-0.39, 0.29) is 56.0 Å². The summed E-state index contributed by atoms with van der Waals surface area (Å²) in [6, 6.07) is 14.0. The lowest BCUT2D eigenvalue weighted by atomic mass is 10.0. The van der Waals surface area contributed by atoms with E-state index in [1.807, 2.05) is 18.2 Å². The highest BCUT2D eigenvalue weighted by atomic mass is 35.5. The standard InChI is InChI=1S/C29H31N5O5S3.ClH/c1-3-39-29(36)33-14-16-34(17-15-33)42(37,38)20-10-8-19(9-11-20)26(35)31-28-25(21-12-13-32(2)18-24(21)41-28)27-30-22-6-4-5-7-23(22)40-27;/h4-11H,3,12-18H2,1-2H3,(H,31,35);1H. The second kappa shape index (κ2) is 12.9. The fourth-order valence-electron chi connectivity index (χ4n) is 5.25. The fraction of sp³-hybridized carbons (Fsp3) is 0.345. The largest absolute Gasteiger partial charge is 0.450 e. The highest BCUT2D eigenvalue weighted by Crippen LogP contribution is 2.45. The predicted molar refractivity (Wildman–Crippen MR) is 172 cm³/mol. The Bertz CT molecular complexity index is 1710. The van der Waals surface area contributed by atoms with Crippen LogP contribution >= 0.6 is 35.1 Å². The number of piperazine rings is 1. The number of rotatable bonds is 6. The maximum atomic E-state index is 13.4. The van der Waals surface area contributed by atoms with Crippen LogP contribution in [0.25, 0.3) is 20.8 Å². The number of carbonyl (C=O) groups excluding carboxylic acids is 2. The molecule has 1 N–H and O–H groups in total. The Morgan fingerprint density at radius 2 is 1.72 bits per heavy atom. The number of nitrogens with one attached hydrogen (secondary N) is 1. The van der Waals surface area contributed by atoms with Crippen molar-refractivity contribution >= 4 is 72.3 Å². The number of hydrogen-bond acceptors (Lipinski definition) is 9. The highest BCUT2D eigenvalue weighted by Gasteiger charge is 2.31. The number of thiophene rings is 1. The van der Waals surface area contributed by atoms with Gasteiger partial charge < -0.3 is 19.9 Å². The van der Waals surface area contributed by atoms with Gasteiger partial charge in [0.15, 0.2) is 0 Å². The van der Waals surface area contributed by atoms with Gasteiger partial charge in [0.05, 0.1) is 21.7 Å². The first kappa shape index (κ1) is 31.4.